The Labute approximate surface area is 110 Å². The molecule has 0 bridgehead atoms. The molecule has 0 fully saturated rings. The highest BCUT2D eigenvalue weighted by Gasteiger charge is 2.11. The number of alkyl halides is 1. The predicted molar refractivity (Wildman–Crippen MR) is 68.1 cm³/mol. The van der Waals surface area contributed by atoms with Gasteiger partial charge < -0.3 is 10.8 Å². The van der Waals surface area contributed by atoms with E-state index < -0.39 is 5.97 Å². The van der Waals surface area contributed by atoms with Crippen molar-refractivity contribution in [2.24, 2.45) is 10.7 Å². The lowest BCUT2D eigenvalue weighted by Gasteiger charge is -2.04. The van der Waals surface area contributed by atoms with Gasteiger partial charge in [0.15, 0.2) is 0 Å². The maximum atomic E-state index is 10.7. The zero-order valence-corrected chi connectivity index (χ0v) is 11.0. The second-order valence-corrected chi connectivity index (χ2v) is 4.36. The van der Waals surface area contributed by atoms with Gasteiger partial charge in [0.1, 0.15) is 5.84 Å². The van der Waals surface area contributed by atoms with E-state index in [0.29, 0.717) is 10.2 Å². The number of hydrogen-bond acceptors (Lipinski definition) is 2. The highest BCUT2D eigenvalue weighted by molar-refractivity contribution is 9.10. The molecule has 0 aliphatic heterocycles. The molecule has 16 heavy (non-hydrogen) atoms. The van der Waals surface area contributed by atoms with Crippen LogP contribution in [0.25, 0.3) is 0 Å². The standard InChI is InChI=1S/C9H7BrCl2N2O2/c10-5-1-4(9(15)16)2-6(12)8(5)14-7(13)3-11/h1-2H,3H2,(H2,13,14)(H,15,16). The van der Waals surface area contributed by atoms with Gasteiger partial charge in [-0.1, -0.05) is 11.6 Å². The largest absolute Gasteiger partial charge is 0.478 e. The molecule has 1 aromatic rings. The second kappa shape index (κ2) is 5.52. The summed E-state index contributed by atoms with van der Waals surface area (Å²) in [6.07, 6.45) is 0. The number of carboxylic acids is 1. The Morgan fingerprint density at radius 3 is 2.62 bits per heavy atom. The minimum atomic E-state index is -1.07. The van der Waals surface area contributed by atoms with Crippen LogP contribution in [-0.2, 0) is 0 Å². The first-order valence-corrected chi connectivity index (χ1v) is 5.77. The Hall–Kier alpha value is -0.780. The van der Waals surface area contributed by atoms with Crippen LogP contribution in [0.5, 0.6) is 0 Å². The highest BCUT2D eigenvalue weighted by atomic mass is 79.9. The van der Waals surface area contributed by atoms with E-state index >= 15 is 0 Å². The van der Waals surface area contributed by atoms with Gasteiger partial charge in [0.2, 0.25) is 0 Å². The number of hydrogen-bond donors (Lipinski definition) is 2. The van der Waals surface area contributed by atoms with E-state index in [-0.39, 0.29) is 22.3 Å². The first kappa shape index (κ1) is 13.3. The smallest absolute Gasteiger partial charge is 0.335 e. The summed E-state index contributed by atoms with van der Waals surface area (Å²) in [6.45, 7) is 0. The molecule has 0 atom stereocenters. The molecular weight excluding hydrogens is 319 g/mol. The predicted octanol–water partition coefficient (Wildman–Crippen LogP) is 3.03. The van der Waals surface area contributed by atoms with Gasteiger partial charge in [0.25, 0.3) is 0 Å². The second-order valence-electron chi connectivity index (χ2n) is 2.83. The number of nitrogens with two attached hydrogens (primary N) is 1. The Balaban J connectivity index is 3.28. The number of aromatic carboxylic acids is 1. The third-order valence-corrected chi connectivity index (χ3v) is 2.82. The highest BCUT2D eigenvalue weighted by Crippen LogP contribution is 2.34. The van der Waals surface area contributed by atoms with Crippen molar-refractivity contribution in [2.75, 3.05) is 5.88 Å². The molecule has 0 spiro atoms. The molecule has 86 valence electrons. The van der Waals surface area contributed by atoms with Crippen molar-refractivity contribution in [2.45, 2.75) is 0 Å². The number of carbonyl (C=O) groups is 1. The molecule has 1 aromatic carbocycles. The molecule has 0 amide bonds. The molecule has 1 rings (SSSR count). The molecule has 4 nitrogen and oxygen atoms in total. The summed E-state index contributed by atoms with van der Waals surface area (Å²) < 4.78 is 0.450. The lowest BCUT2D eigenvalue weighted by atomic mass is 10.2. The first-order chi connectivity index (χ1) is 7.45. The van der Waals surface area contributed by atoms with Gasteiger partial charge in [-0.15, -0.1) is 11.6 Å². The van der Waals surface area contributed by atoms with E-state index in [1.165, 1.54) is 12.1 Å². The summed E-state index contributed by atoms with van der Waals surface area (Å²) in [5.41, 5.74) is 5.90. The maximum absolute atomic E-state index is 10.7. The van der Waals surface area contributed by atoms with Crippen molar-refractivity contribution in [1.82, 2.24) is 0 Å². The van der Waals surface area contributed by atoms with Crippen LogP contribution >= 0.6 is 39.1 Å². The SMILES string of the molecule is NC(CCl)=Nc1c(Cl)cc(C(=O)O)cc1Br. The number of benzene rings is 1. The molecule has 0 aliphatic carbocycles. The van der Waals surface area contributed by atoms with Crippen LogP contribution in [-0.4, -0.2) is 22.8 Å². The van der Waals surface area contributed by atoms with Gasteiger partial charge in [-0.2, -0.15) is 0 Å². The summed E-state index contributed by atoms with van der Waals surface area (Å²) in [6, 6.07) is 2.70. The lowest BCUT2D eigenvalue weighted by molar-refractivity contribution is 0.0697. The summed E-state index contributed by atoms with van der Waals surface area (Å²) in [7, 11) is 0. The van der Waals surface area contributed by atoms with E-state index in [0.717, 1.165) is 0 Å². The van der Waals surface area contributed by atoms with Crippen LogP contribution in [0.3, 0.4) is 0 Å². The molecule has 0 radical (unpaired) electrons. The molecule has 7 heteroatoms. The number of aliphatic imine (C=N–C) groups is 1. The van der Waals surface area contributed by atoms with Crippen LogP contribution in [0.1, 0.15) is 10.4 Å². The normalized spacial score (nSPS) is 11.6. The van der Waals surface area contributed by atoms with Crippen molar-refractivity contribution in [3.63, 3.8) is 0 Å². The first-order valence-electron chi connectivity index (χ1n) is 4.07. The summed E-state index contributed by atoms with van der Waals surface area (Å²) in [4.78, 5) is 14.7. The van der Waals surface area contributed by atoms with E-state index in [2.05, 4.69) is 20.9 Å². The topological polar surface area (TPSA) is 75.7 Å². The fraction of sp³-hybridized carbons (Fsp3) is 0.111. The van der Waals surface area contributed by atoms with Gasteiger partial charge >= 0.3 is 5.97 Å². The van der Waals surface area contributed by atoms with Crippen LogP contribution in [0.2, 0.25) is 5.02 Å². The van der Waals surface area contributed by atoms with E-state index in [1.807, 2.05) is 0 Å². The average molecular weight is 326 g/mol. The zero-order valence-electron chi connectivity index (χ0n) is 7.88. The Bertz CT molecular complexity index is 440. The monoisotopic (exact) mass is 324 g/mol. The number of nitrogens with zero attached hydrogens (tertiary/aromatic N) is 1. The molecule has 0 aliphatic rings. The quantitative estimate of drug-likeness (QED) is 0.509. The van der Waals surface area contributed by atoms with E-state index in [9.17, 15) is 4.79 Å². The third-order valence-electron chi connectivity index (χ3n) is 1.66. The molecule has 0 saturated carbocycles. The van der Waals surface area contributed by atoms with Crippen molar-refractivity contribution in [1.29, 1.82) is 0 Å². The summed E-state index contributed by atoms with van der Waals surface area (Å²) in [5, 5.41) is 8.99. The molecule has 0 unspecified atom stereocenters. The maximum Gasteiger partial charge on any atom is 0.335 e. The Kier molecular flexibility index (Phi) is 4.58. The van der Waals surface area contributed by atoms with Gasteiger partial charge in [0, 0.05) is 4.47 Å². The molecule has 0 heterocycles. The number of amidine groups is 1. The third kappa shape index (κ3) is 3.10. The molecule has 0 aromatic heterocycles. The van der Waals surface area contributed by atoms with Crippen molar-refractivity contribution < 1.29 is 9.90 Å². The lowest BCUT2D eigenvalue weighted by Crippen LogP contribution is -2.12. The van der Waals surface area contributed by atoms with Crippen LogP contribution in [0, 0.1) is 0 Å². The molecular formula is C9H7BrCl2N2O2. The fourth-order valence-corrected chi connectivity index (χ4v) is 1.95. The fourth-order valence-electron chi connectivity index (χ4n) is 0.969. The molecule has 3 N–H and O–H groups in total. The minimum absolute atomic E-state index is 0.0697. The number of carboxylic acid groups (broad SMARTS) is 1. The molecule has 0 saturated heterocycles. The summed E-state index contributed by atoms with van der Waals surface area (Å²) in [5.74, 6) is -0.792. The average Bonchev–Trinajstić information content (AvgIpc) is 2.22. The zero-order chi connectivity index (χ0) is 12.3. The Morgan fingerprint density at radius 2 is 2.19 bits per heavy atom. The van der Waals surface area contributed by atoms with E-state index in [1.54, 1.807) is 0 Å². The van der Waals surface area contributed by atoms with Crippen LogP contribution in [0.4, 0.5) is 5.69 Å². The van der Waals surface area contributed by atoms with Crippen molar-refractivity contribution in [3.05, 3.63) is 27.2 Å². The van der Waals surface area contributed by atoms with E-state index in [4.69, 9.17) is 34.0 Å². The van der Waals surface area contributed by atoms with Gasteiger partial charge in [0.05, 0.1) is 22.2 Å². The Morgan fingerprint density at radius 1 is 1.56 bits per heavy atom. The van der Waals surface area contributed by atoms with Crippen LogP contribution in [0.15, 0.2) is 21.6 Å². The van der Waals surface area contributed by atoms with Gasteiger partial charge in [-0.05, 0) is 28.1 Å². The van der Waals surface area contributed by atoms with Crippen molar-refractivity contribution >= 4 is 56.6 Å². The van der Waals surface area contributed by atoms with Gasteiger partial charge in [-0.3, -0.25) is 0 Å². The number of rotatable bonds is 3. The minimum Gasteiger partial charge on any atom is -0.478 e. The number of halogens is 3. The van der Waals surface area contributed by atoms with Crippen LogP contribution < -0.4 is 5.73 Å². The summed E-state index contributed by atoms with van der Waals surface area (Å²) >= 11 is 14.5. The van der Waals surface area contributed by atoms with Gasteiger partial charge in [-0.25, -0.2) is 9.79 Å². The van der Waals surface area contributed by atoms with Crippen molar-refractivity contribution in [3.8, 4) is 0 Å².